The fraction of sp³-hybridized carbons (Fsp3) is 0.333. The molecule has 1 saturated heterocycles. The molecule has 0 aliphatic carbocycles. The molecule has 0 saturated carbocycles. The van der Waals surface area contributed by atoms with Crippen LogP contribution < -0.4 is 16.0 Å². The summed E-state index contributed by atoms with van der Waals surface area (Å²) in [6.07, 6.45) is 0.496. The van der Waals surface area contributed by atoms with E-state index in [2.05, 4.69) is 16.0 Å². The van der Waals surface area contributed by atoms with Gasteiger partial charge in [-0.25, -0.2) is 4.39 Å². The molecule has 0 spiro atoms. The van der Waals surface area contributed by atoms with Gasteiger partial charge < -0.3 is 16.0 Å². The molecule has 1 aromatic carbocycles. The summed E-state index contributed by atoms with van der Waals surface area (Å²) in [4.78, 5) is 25.8. The maximum atomic E-state index is 12.9. The summed E-state index contributed by atoms with van der Waals surface area (Å²) < 4.78 is 12.9. The molecule has 7 heteroatoms. The Bertz CT molecular complexity index is 718. The Morgan fingerprint density at radius 2 is 1.84 bits per heavy atom. The Morgan fingerprint density at radius 3 is 2.52 bits per heavy atom. The third-order valence-corrected chi connectivity index (χ3v) is 5.10. The van der Waals surface area contributed by atoms with Crippen LogP contribution in [0, 0.1) is 17.7 Å². The highest BCUT2D eigenvalue weighted by atomic mass is 32.1. The largest absolute Gasteiger partial charge is 0.351 e. The average molecular weight is 361 g/mol. The lowest BCUT2D eigenvalue weighted by Gasteiger charge is -2.28. The number of benzene rings is 1. The molecule has 2 amide bonds. The number of thiophene rings is 1. The molecular weight excluding hydrogens is 341 g/mol. The van der Waals surface area contributed by atoms with Gasteiger partial charge in [0.1, 0.15) is 5.82 Å². The molecule has 5 nitrogen and oxygen atoms in total. The Hall–Kier alpha value is -2.25. The first-order valence-electron chi connectivity index (χ1n) is 8.19. The molecule has 3 rings (SSSR count). The van der Waals surface area contributed by atoms with E-state index in [0.29, 0.717) is 31.7 Å². The summed E-state index contributed by atoms with van der Waals surface area (Å²) in [5.41, 5.74) is 0.552. The van der Waals surface area contributed by atoms with Gasteiger partial charge in [-0.15, -0.1) is 11.3 Å². The number of anilines is 1. The second kappa shape index (κ2) is 8.22. The van der Waals surface area contributed by atoms with Crippen molar-refractivity contribution in [2.24, 2.45) is 11.8 Å². The van der Waals surface area contributed by atoms with Crippen LogP contribution in [0.1, 0.15) is 11.3 Å². The van der Waals surface area contributed by atoms with Gasteiger partial charge in [0.25, 0.3) is 0 Å². The highest BCUT2D eigenvalue weighted by molar-refractivity contribution is 7.09. The van der Waals surface area contributed by atoms with Gasteiger partial charge in [-0.3, -0.25) is 9.59 Å². The van der Waals surface area contributed by atoms with Crippen molar-refractivity contribution in [1.82, 2.24) is 10.6 Å². The number of amides is 2. The number of nitrogens with one attached hydrogen (secondary N) is 3. The van der Waals surface area contributed by atoms with E-state index in [0.717, 1.165) is 4.88 Å². The Kier molecular flexibility index (Phi) is 5.78. The molecular formula is C18H20FN3O2S. The molecule has 1 aliphatic rings. The highest BCUT2D eigenvalue weighted by Gasteiger charge is 2.31. The fourth-order valence-electron chi connectivity index (χ4n) is 2.85. The topological polar surface area (TPSA) is 70.2 Å². The monoisotopic (exact) mass is 361 g/mol. The molecule has 132 valence electrons. The van der Waals surface area contributed by atoms with Crippen LogP contribution in [0.15, 0.2) is 41.8 Å². The Labute approximate surface area is 149 Å². The zero-order chi connectivity index (χ0) is 17.6. The summed E-state index contributed by atoms with van der Waals surface area (Å²) in [5.74, 6) is -1.08. The first kappa shape index (κ1) is 17.6. The van der Waals surface area contributed by atoms with Crippen molar-refractivity contribution in [1.29, 1.82) is 0 Å². The van der Waals surface area contributed by atoms with Crippen LogP contribution in [0.2, 0.25) is 0 Å². The number of hydrogen-bond acceptors (Lipinski definition) is 4. The molecule has 0 bridgehead atoms. The minimum Gasteiger partial charge on any atom is -0.351 e. The SMILES string of the molecule is O=C(NCc1cccs1)[C@@H]1CNC[C@H](C(=O)Nc2ccc(F)cc2)C1. The number of hydrogen-bond donors (Lipinski definition) is 3. The van der Waals surface area contributed by atoms with E-state index in [1.165, 1.54) is 24.3 Å². The van der Waals surface area contributed by atoms with Crippen LogP contribution in [-0.2, 0) is 16.1 Å². The lowest BCUT2D eigenvalue weighted by atomic mass is 9.89. The summed E-state index contributed by atoms with van der Waals surface area (Å²) in [5, 5.41) is 10.8. The van der Waals surface area contributed by atoms with E-state index in [9.17, 15) is 14.0 Å². The lowest BCUT2D eigenvalue weighted by Crippen LogP contribution is -2.47. The van der Waals surface area contributed by atoms with E-state index in [4.69, 9.17) is 0 Å². The molecule has 2 heterocycles. The molecule has 1 aliphatic heterocycles. The van der Waals surface area contributed by atoms with E-state index >= 15 is 0 Å². The fourth-order valence-corrected chi connectivity index (χ4v) is 3.50. The maximum Gasteiger partial charge on any atom is 0.228 e. The van der Waals surface area contributed by atoms with Gasteiger partial charge in [0.2, 0.25) is 11.8 Å². The van der Waals surface area contributed by atoms with Crippen molar-refractivity contribution in [3.63, 3.8) is 0 Å². The second-order valence-corrected chi connectivity index (χ2v) is 7.11. The van der Waals surface area contributed by atoms with Crippen molar-refractivity contribution in [3.05, 3.63) is 52.5 Å². The predicted molar refractivity (Wildman–Crippen MR) is 95.7 cm³/mol. The van der Waals surface area contributed by atoms with Gasteiger partial charge in [0.05, 0.1) is 18.4 Å². The molecule has 1 fully saturated rings. The van der Waals surface area contributed by atoms with Gasteiger partial charge >= 0.3 is 0 Å². The molecule has 2 atom stereocenters. The third-order valence-electron chi connectivity index (χ3n) is 4.22. The van der Waals surface area contributed by atoms with Crippen LogP contribution in [0.25, 0.3) is 0 Å². The van der Waals surface area contributed by atoms with Crippen LogP contribution in [0.4, 0.5) is 10.1 Å². The highest BCUT2D eigenvalue weighted by Crippen LogP contribution is 2.19. The van der Waals surface area contributed by atoms with Gasteiger partial charge in [0, 0.05) is 23.7 Å². The minimum atomic E-state index is -0.347. The standard InChI is InChI=1S/C18H20FN3O2S/c19-14-3-5-15(6-4-14)22-18(24)13-8-12(9-20-10-13)17(23)21-11-16-2-1-7-25-16/h1-7,12-13,20H,8-11H2,(H,21,23)(H,22,24)/t12-,13+/m0/s1. The summed E-state index contributed by atoms with van der Waals surface area (Å²) in [6, 6.07) is 9.57. The lowest BCUT2D eigenvalue weighted by molar-refractivity contribution is -0.127. The van der Waals surface area contributed by atoms with Crippen LogP contribution in [-0.4, -0.2) is 24.9 Å². The summed E-state index contributed by atoms with van der Waals surface area (Å²) in [6.45, 7) is 1.61. The smallest absolute Gasteiger partial charge is 0.228 e. The zero-order valence-corrected chi connectivity index (χ0v) is 14.4. The van der Waals surface area contributed by atoms with Crippen LogP contribution in [0.3, 0.4) is 0 Å². The number of carbonyl (C=O) groups excluding carboxylic acids is 2. The number of carbonyl (C=O) groups is 2. The molecule has 0 radical (unpaired) electrons. The number of rotatable bonds is 5. The summed E-state index contributed by atoms with van der Waals surface area (Å²) >= 11 is 1.60. The van der Waals surface area contributed by atoms with Gasteiger partial charge in [-0.2, -0.15) is 0 Å². The predicted octanol–water partition coefficient (Wildman–Crippen LogP) is 2.37. The van der Waals surface area contributed by atoms with Crippen LogP contribution in [0.5, 0.6) is 0 Å². The average Bonchev–Trinajstić information content (AvgIpc) is 3.15. The van der Waals surface area contributed by atoms with E-state index in [1.807, 2.05) is 17.5 Å². The molecule has 3 N–H and O–H groups in total. The minimum absolute atomic E-state index is 0.0415. The van der Waals surface area contributed by atoms with Crippen molar-refractivity contribution in [2.75, 3.05) is 18.4 Å². The first-order chi connectivity index (χ1) is 12.1. The summed E-state index contributed by atoms with van der Waals surface area (Å²) in [7, 11) is 0. The molecule has 2 aromatic rings. The quantitative estimate of drug-likeness (QED) is 0.766. The van der Waals surface area contributed by atoms with E-state index < -0.39 is 0 Å². The first-order valence-corrected chi connectivity index (χ1v) is 9.07. The Morgan fingerprint density at radius 1 is 1.12 bits per heavy atom. The van der Waals surface area contributed by atoms with Gasteiger partial charge in [-0.05, 0) is 42.1 Å². The normalized spacial score (nSPS) is 20.0. The second-order valence-electron chi connectivity index (χ2n) is 6.08. The third kappa shape index (κ3) is 4.87. The number of piperidine rings is 1. The van der Waals surface area contributed by atoms with Crippen molar-refractivity contribution >= 4 is 28.8 Å². The van der Waals surface area contributed by atoms with Crippen molar-refractivity contribution in [3.8, 4) is 0 Å². The van der Waals surface area contributed by atoms with Crippen molar-refractivity contribution in [2.45, 2.75) is 13.0 Å². The zero-order valence-electron chi connectivity index (χ0n) is 13.6. The van der Waals surface area contributed by atoms with Crippen molar-refractivity contribution < 1.29 is 14.0 Å². The number of halogens is 1. The molecule has 0 unspecified atom stereocenters. The maximum absolute atomic E-state index is 12.9. The van der Waals surface area contributed by atoms with E-state index in [1.54, 1.807) is 11.3 Å². The van der Waals surface area contributed by atoms with Gasteiger partial charge in [0.15, 0.2) is 0 Å². The molecule has 25 heavy (non-hydrogen) atoms. The van der Waals surface area contributed by atoms with Crippen LogP contribution >= 0.6 is 11.3 Å². The van der Waals surface area contributed by atoms with E-state index in [-0.39, 0.29) is 29.5 Å². The van der Waals surface area contributed by atoms with Gasteiger partial charge in [-0.1, -0.05) is 6.07 Å². The Balaban J connectivity index is 1.52. The molecule has 1 aromatic heterocycles.